The van der Waals surface area contributed by atoms with Gasteiger partial charge in [0.15, 0.2) is 0 Å². The van der Waals surface area contributed by atoms with Gasteiger partial charge < -0.3 is 15.4 Å². The first-order valence-electron chi connectivity index (χ1n) is 8.42. The summed E-state index contributed by atoms with van der Waals surface area (Å²) in [5.74, 6) is -0.0506. The first-order chi connectivity index (χ1) is 10.7. The Balaban J connectivity index is 2.22. The number of benzene rings is 1. The van der Waals surface area contributed by atoms with E-state index >= 15 is 0 Å². The van der Waals surface area contributed by atoms with E-state index in [1.807, 2.05) is 0 Å². The van der Waals surface area contributed by atoms with Crippen molar-refractivity contribution in [1.82, 2.24) is 0 Å². The van der Waals surface area contributed by atoms with Crippen LogP contribution in [0.4, 0.5) is 0 Å². The first-order valence-corrected chi connectivity index (χ1v) is 8.42. The van der Waals surface area contributed by atoms with Crippen molar-refractivity contribution in [2.75, 3.05) is 0 Å². The maximum absolute atomic E-state index is 9.78. The molecule has 0 aromatic heterocycles. The van der Waals surface area contributed by atoms with Crippen molar-refractivity contribution in [1.29, 1.82) is 0 Å². The largest absolute Gasteiger partial charge is 0.508 e. The fourth-order valence-electron chi connectivity index (χ4n) is 2.61. The minimum atomic E-state index is -0.0521. The van der Waals surface area contributed by atoms with E-state index in [9.17, 15) is 10.2 Å². The average Bonchev–Trinajstić information content (AvgIpc) is 2.50. The lowest BCUT2D eigenvalue weighted by atomic mass is 10.0. The summed E-state index contributed by atoms with van der Waals surface area (Å²) < 4.78 is 0. The Morgan fingerprint density at radius 3 is 2.05 bits per heavy atom. The average molecular weight is 307 g/mol. The summed E-state index contributed by atoms with van der Waals surface area (Å²) in [6.07, 6.45) is 11.7. The molecular formula is C18H29NO3. The molecule has 0 amide bonds. The minimum Gasteiger partial charge on any atom is -0.508 e. The third kappa shape index (κ3) is 6.83. The summed E-state index contributed by atoms with van der Waals surface area (Å²) in [6, 6.07) is 4.32. The smallest absolute Gasteiger partial charge is 0.128 e. The van der Waals surface area contributed by atoms with E-state index in [0.29, 0.717) is 17.7 Å². The van der Waals surface area contributed by atoms with Crippen LogP contribution in [0.1, 0.15) is 76.7 Å². The Hall–Kier alpha value is -1.71. The van der Waals surface area contributed by atoms with E-state index < -0.39 is 0 Å². The van der Waals surface area contributed by atoms with E-state index in [-0.39, 0.29) is 11.5 Å². The highest BCUT2D eigenvalue weighted by Gasteiger charge is 2.10. The van der Waals surface area contributed by atoms with Crippen molar-refractivity contribution < 1.29 is 15.4 Å². The lowest BCUT2D eigenvalue weighted by Crippen LogP contribution is -2.01. The van der Waals surface area contributed by atoms with Gasteiger partial charge in [-0.05, 0) is 25.0 Å². The van der Waals surface area contributed by atoms with Crippen LogP contribution in [0.15, 0.2) is 23.4 Å². The van der Waals surface area contributed by atoms with Gasteiger partial charge in [0.2, 0.25) is 0 Å². The fourth-order valence-corrected chi connectivity index (χ4v) is 2.61. The minimum absolute atomic E-state index is 0.00149. The van der Waals surface area contributed by atoms with Gasteiger partial charge in [0.1, 0.15) is 11.5 Å². The molecule has 3 N–H and O–H groups in total. The lowest BCUT2D eigenvalue weighted by Gasteiger charge is -2.07. The van der Waals surface area contributed by atoms with Crippen molar-refractivity contribution in [3.8, 4) is 11.5 Å². The van der Waals surface area contributed by atoms with Gasteiger partial charge in [-0.2, -0.15) is 0 Å². The Labute approximate surface area is 133 Å². The van der Waals surface area contributed by atoms with Gasteiger partial charge in [-0.25, -0.2) is 0 Å². The molecule has 1 aromatic rings. The summed E-state index contributed by atoms with van der Waals surface area (Å²) >= 11 is 0. The van der Waals surface area contributed by atoms with Crippen LogP contribution in [0, 0.1) is 0 Å². The normalized spacial score (nSPS) is 11.8. The van der Waals surface area contributed by atoms with Crippen molar-refractivity contribution in [2.45, 2.75) is 71.1 Å². The van der Waals surface area contributed by atoms with E-state index in [2.05, 4.69) is 12.1 Å². The molecule has 0 saturated heterocycles. The Morgan fingerprint density at radius 2 is 1.50 bits per heavy atom. The predicted molar refractivity (Wildman–Crippen MR) is 89.9 cm³/mol. The molecule has 0 atom stereocenters. The molecule has 0 aliphatic carbocycles. The van der Waals surface area contributed by atoms with Crippen LogP contribution in [-0.4, -0.2) is 21.1 Å². The Kier molecular flexibility index (Phi) is 9.12. The highest BCUT2D eigenvalue weighted by atomic mass is 16.4. The zero-order valence-electron chi connectivity index (χ0n) is 13.6. The molecular weight excluding hydrogens is 278 g/mol. The van der Waals surface area contributed by atoms with Crippen LogP contribution in [-0.2, 0) is 0 Å². The van der Waals surface area contributed by atoms with Crippen molar-refractivity contribution in [2.24, 2.45) is 5.16 Å². The second kappa shape index (κ2) is 10.9. The van der Waals surface area contributed by atoms with Crippen molar-refractivity contribution >= 4 is 5.71 Å². The van der Waals surface area contributed by atoms with Crippen LogP contribution in [0.3, 0.4) is 0 Å². The standard InChI is InChI=1S/C18H29NO3/c1-2-3-4-5-6-7-8-9-10-11-17(19-22)16-13-12-15(20)14-18(16)21/h12-14,20-22H,2-11H2,1H3/b19-17-. The topological polar surface area (TPSA) is 73.1 Å². The number of phenols is 2. The van der Waals surface area contributed by atoms with E-state index in [4.69, 9.17) is 5.21 Å². The quantitative estimate of drug-likeness (QED) is 0.228. The number of nitrogens with zero attached hydrogens (tertiary/aromatic N) is 1. The molecule has 124 valence electrons. The summed E-state index contributed by atoms with van der Waals surface area (Å²) in [5.41, 5.74) is 0.959. The second-order valence-corrected chi connectivity index (χ2v) is 5.83. The second-order valence-electron chi connectivity index (χ2n) is 5.83. The van der Waals surface area contributed by atoms with E-state index in [1.165, 1.54) is 57.1 Å². The number of rotatable bonds is 11. The molecule has 22 heavy (non-hydrogen) atoms. The molecule has 0 unspecified atom stereocenters. The van der Waals surface area contributed by atoms with Crippen LogP contribution in [0.25, 0.3) is 0 Å². The molecule has 1 rings (SSSR count). The number of hydrogen-bond donors (Lipinski definition) is 3. The summed E-state index contributed by atoms with van der Waals surface area (Å²) in [5, 5.41) is 31.5. The van der Waals surface area contributed by atoms with Gasteiger partial charge in [0, 0.05) is 11.6 Å². The van der Waals surface area contributed by atoms with E-state index in [1.54, 1.807) is 6.07 Å². The molecule has 4 nitrogen and oxygen atoms in total. The van der Waals surface area contributed by atoms with Crippen LogP contribution in [0.5, 0.6) is 11.5 Å². The Morgan fingerprint density at radius 1 is 0.909 bits per heavy atom. The molecule has 0 heterocycles. The first kappa shape index (κ1) is 18.3. The molecule has 0 bridgehead atoms. The van der Waals surface area contributed by atoms with Gasteiger partial charge in [-0.3, -0.25) is 0 Å². The maximum atomic E-state index is 9.78. The zero-order valence-corrected chi connectivity index (χ0v) is 13.6. The molecule has 4 heteroatoms. The third-order valence-corrected chi connectivity index (χ3v) is 3.93. The molecule has 0 fully saturated rings. The molecule has 1 aromatic carbocycles. The summed E-state index contributed by atoms with van der Waals surface area (Å²) in [7, 11) is 0. The summed E-state index contributed by atoms with van der Waals surface area (Å²) in [4.78, 5) is 0. The third-order valence-electron chi connectivity index (χ3n) is 3.93. The lowest BCUT2D eigenvalue weighted by molar-refractivity contribution is 0.317. The highest BCUT2D eigenvalue weighted by molar-refractivity contribution is 6.02. The highest BCUT2D eigenvalue weighted by Crippen LogP contribution is 2.25. The van der Waals surface area contributed by atoms with Crippen LogP contribution in [0.2, 0.25) is 0 Å². The van der Waals surface area contributed by atoms with Crippen LogP contribution >= 0.6 is 0 Å². The number of aromatic hydroxyl groups is 2. The van der Waals surface area contributed by atoms with E-state index in [0.717, 1.165) is 12.8 Å². The Bertz CT molecular complexity index is 458. The van der Waals surface area contributed by atoms with Gasteiger partial charge >= 0.3 is 0 Å². The van der Waals surface area contributed by atoms with Gasteiger partial charge in [-0.1, -0.05) is 63.4 Å². The van der Waals surface area contributed by atoms with Crippen LogP contribution < -0.4 is 0 Å². The predicted octanol–water partition coefficient (Wildman–Crippen LogP) is 5.20. The SMILES string of the molecule is CCCCCCCCCCC/C(=N/O)c1ccc(O)cc1O. The summed E-state index contributed by atoms with van der Waals surface area (Å²) in [6.45, 7) is 2.23. The van der Waals surface area contributed by atoms with Gasteiger partial charge in [-0.15, -0.1) is 0 Å². The molecule has 0 radical (unpaired) electrons. The van der Waals surface area contributed by atoms with Gasteiger partial charge in [0.25, 0.3) is 0 Å². The molecule has 0 saturated carbocycles. The number of oxime groups is 1. The van der Waals surface area contributed by atoms with Crippen molar-refractivity contribution in [3.05, 3.63) is 23.8 Å². The molecule has 0 aliphatic rings. The molecule has 0 aliphatic heterocycles. The van der Waals surface area contributed by atoms with Crippen molar-refractivity contribution in [3.63, 3.8) is 0 Å². The number of phenolic OH excluding ortho intramolecular Hbond substituents is 2. The number of hydrogen-bond acceptors (Lipinski definition) is 4. The molecule has 0 spiro atoms. The zero-order chi connectivity index (χ0) is 16.2. The number of unbranched alkanes of at least 4 members (excludes halogenated alkanes) is 8. The monoisotopic (exact) mass is 307 g/mol. The maximum Gasteiger partial charge on any atom is 0.128 e. The van der Waals surface area contributed by atoms with Gasteiger partial charge in [0.05, 0.1) is 5.71 Å². The fraction of sp³-hybridized carbons (Fsp3) is 0.611.